The highest BCUT2D eigenvalue weighted by atomic mass is 15.3. The third-order valence-electron chi connectivity index (χ3n) is 5.41. The predicted molar refractivity (Wildman–Crippen MR) is 117 cm³/mol. The number of hydrogen-bond acceptors (Lipinski definition) is 5. The molecular formula is C23H27N5. The summed E-state index contributed by atoms with van der Waals surface area (Å²) in [5, 5.41) is 3.38. The largest absolute Gasteiger partial charge is 0.368 e. The van der Waals surface area contributed by atoms with E-state index in [4.69, 9.17) is 4.98 Å². The molecule has 1 fully saturated rings. The van der Waals surface area contributed by atoms with Crippen LogP contribution in [0.3, 0.4) is 0 Å². The summed E-state index contributed by atoms with van der Waals surface area (Å²) in [6.07, 6.45) is 1.83. The number of nitrogens with one attached hydrogen (secondary N) is 1. The molecule has 1 saturated heterocycles. The molecule has 28 heavy (non-hydrogen) atoms. The molecular weight excluding hydrogens is 346 g/mol. The van der Waals surface area contributed by atoms with E-state index >= 15 is 0 Å². The number of aromatic nitrogens is 2. The van der Waals surface area contributed by atoms with Crippen molar-refractivity contribution in [2.45, 2.75) is 20.8 Å². The van der Waals surface area contributed by atoms with Gasteiger partial charge in [0.1, 0.15) is 5.82 Å². The normalized spacial score (nSPS) is 14.2. The van der Waals surface area contributed by atoms with Gasteiger partial charge < -0.3 is 15.1 Å². The number of nitrogens with zero attached hydrogens (tertiary/aromatic N) is 4. The first kappa shape index (κ1) is 18.3. The topological polar surface area (TPSA) is 44.3 Å². The van der Waals surface area contributed by atoms with Gasteiger partial charge >= 0.3 is 0 Å². The molecule has 0 aliphatic carbocycles. The lowest BCUT2D eigenvalue weighted by atomic mass is 10.1. The molecule has 0 amide bonds. The molecule has 2 aromatic carbocycles. The van der Waals surface area contributed by atoms with Crippen LogP contribution in [-0.2, 0) is 0 Å². The van der Waals surface area contributed by atoms with Gasteiger partial charge in [-0.05, 0) is 61.7 Å². The molecule has 0 bridgehead atoms. The number of benzene rings is 2. The van der Waals surface area contributed by atoms with E-state index in [1.54, 1.807) is 0 Å². The van der Waals surface area contributed by atoms with Crippen LogP contribution in [0.15, 0.2) is 54.7 Å². The first-order valence-electron chi connectivity index (χ1n) is 9.83. The van der Waals surface area contributed by atoms with Crippen LogP contribution in [0.1, 0.15) is 16.7 Å². The van der Waals surface area contributed by atoms with Crippen molar-refractivity contribution in [2.24, 2.45) is 0 Å². The highest BCUT2D eigenvalue weighted by molar-refractivity contribution is 5.59. The van der Waals surface area contributed by atoms with E-state index in [1.165, 1.54) is 22.4 Å². The molecule has 3 aromatic rings. The van der Waals surface area contributed by atoms with Crippen LogP contribution >= 0.6 is 0 Å². The number of anilines is 4. The average Bonchev–Trinajstić information content (AvgIpc) is 2.71. The van der Waals surface area contributed by atoms with E-state index < -0.39 is 0 Å². The van der Waals surface area contributed by atoms with Gasteiger partial charge in [0.15, 0.2) is 0 Å². The van der Waals surface area contributed by atoms with E-state index in [9.17, 15) is 0 Å². The molecule has 1 N–H and O–H groups in total. The van der Waals surface area contributed by atoms with Crippen LogP contribution in [0.2, 0.25) is 0 Å². The number of aryl methyl sites for hydroxylation is 2. The molecule has 4 rings (SSSR count). The highest BCUT2D eigenvalue weighted by Gasteiger charge is 2.20. The van der Waals surface area contributed by atoms with Gasteiger partial charge in [-0.15, -0.1) is 0 Å². The summed E-state index contributed by atoms with van der Waals surface area (Å²) >= 11 is 0. The van der Waals surface area contributed by atoms with Crippen molar-refractivity contribution in [1.29, 1.82) is 0 Å². The summed E-state index contributed by atoms with van der Waals surface area (Å²) in [4.78, 5) is 14.0. The Bertz CT molecular complexity index is 961. The number of rotatable bonds is 4. The summed E-state index contributed by atoms with van der Waals surface area (Å²) < 4.78 is 0. The van der Waals surface area contributed by atoms with Gasteiger partial charge in [0.05, 0.1) is 0 Å². The fraction of sp³-hybridized carbons (Fsp3) is 0.304. The van der Waals surface area contributed by atoms with E-state index in [0.29, 0.717) is 0 Å². The Morgan fingerprint density at radius 1 is 0.857 bits per heavy atom. The quantitative estimate of drug-likeness (QED) is 0.731. The van der Waals surface area contributed by atoms with E-state index in [-0.39, 0.29) is 0 Å². The summed E-state index contributed by atoms with van der Waals surface area (Å²) in [6, 6.07) is 16.8. The molecule has 2 heterocycles. The van der Waals surface area contributed by atoms with Gasteiger partial charge in [-0.25, -0.2) is 4.98 Å². The standard InChI is InChI=1S/C23H27N5/c1-17-6-4-8-20(16-17)25-22-10-11-24-23(26-22)28-14-12-27(13-15-28)21-9-5-7-18(2)19(21)3/h4-11,16H,12-15H2,1-3H3,(H,24,25,26). The fourth-order valence-corrected chi connectivity index (χ4v) is 3.67. The molecule has 1 aliphatic rings. The van der Waals surface area contributed by atoms with Crippen molar-refractivity contribution in [3.05, 3.63) is 71.4 Å². The smallest absolute Gasteiger partial charge is 0.227 e. The summed E-state index contributed by atoms with van der Waals surface area (Å²) in [6.45, 7) is 10.3. The highest BCUT2D eigenvalue weighted by Crippen LogP contribution is 2.25. The van der Waals surface area contributed by atoms with Crippen LogP contribution in [0.25, 0.3) is 0 Å². The molecule has 1 aromatic heterocycles. The second kappa shape index (κ2) is 7.89. The SMILES string of the molecule is Cc1cccc(Nc2ccnc(N3CCN(c4cccc(C)c4C)CC3)n2)c1. The minimum atomic E-state index is 0.790. The van der Waals surface area contributed by atoms with Crippen molar-refractivity contribution in [3.63, 3.8) is 0 Å². The monoisotopic (exact) mass is 373 g/mol. The third-order valence-corrected chi connectivity index (χ3v) is 5.41. The first-order valence-corrected chi connectivity index (χ1v) is 9.83. The maximum absolute atomic E-state index is 4.74. The van der Waals surface area contributed by atoms with Gasteiger partial charge in [0.2, 0.25) is 5.95 Å². The molecule has 0 saturated carbocycles. The Hall–Kier alpha value is -3.08. The Labute approximate surface area is 167 Å². The van der Waals surface area contributed by atoms with Gasteiger partial charge in [-0.3, -0.25) is 0 Å². The second-order valence-corrected chi connectivity index (χ2v) is 7.43. The molecule has 1 aliphatic heterocycles. The van der Waals surface area contributed by atoms with E-state index in [1.807, 2.05) is 18.3 Å². The predicted octanol–water partition coefficient (Wildman–Crippen LogP) is 4.47. The van der Waals surface area contributed by atoms with Crippen LogP contribution in [-0.4, -0.2) is 36.1 Å². The van der Waals surface area contributed by atoms with E-state index in [2.05, 4.69) is 77.3 Å². The Morgan fingerprint density at radius 2 is 1.61 bits per heavy atom. The Balaban J connectivity index is 1.44. The summed E-state index contributed by atoms with van der Waals surface area (Å²) in [5.74, 6) is 1.62. The van der Waals surface area contributed by atoms with Gasteiger partial charge in [0.25, 0.3) is 0 Å². The average molecular weight is 374 g/mol. The zero-order valence-electron chi connectivity index (χ0n) is 16.8. The van der Waals surface area contributed by atoms with E-state index in [0.717, 1.165) is 43.6 Å². The van der Waals surface area contributed by atoms with Gasteiger partial charge in [0, 0.05) is 43.8 Å². The zero-order chi connectivity index (χ0) is 19.5. The zero-order valence-corrected chi connectivity index (χ0v) is 16.8. The minimum Gasteiger partial charge on any atom is -0.368 e. The molecule has 0 atom stereocenters. The number of piperazine rings is 1. The number of hydrogen-bond donors (Lipinski definition) is 1. The molecule has 5 heteroatoms. The van der Waals surface area contributed by atoms with Crippen LogP contribution in [0.4, 0.5) is 23.1 Å². The fourth-order valence-electron chi connectivity index (χ4n) is 3.67. The van der Waals surface area contributed by atoms with Crippen molar-refractivity contribution < 1.29 is 0 Å². The molecule has 0 unspecified atom stereocenters. The lowest BCUT2D eigenvalue weighted by molar-refractivity contribution is 0.639. The minimum absolute atomic E-state index is 0.790. The Morgan fingerprint density at radius 3 is 2.39 bits per heavy atom. The lowest BCUT2D eigenvalue weighted by Crippen LogP contribution is -2.47. The molecule has 5 nitrogen and oxygen atoms in total. The first-order chi connectivity index (χ1) is 13.6. The summed E-state index contributed by atoms with van der Waals surface area (Å²) in [5.41, 5.74) is 6.33. The maximum atomic E-state index is 4.74. The molecule has 144 valence electrons. The lowest BCUT2D eigenvalue weighted by Gasteiger charge is -2.37. The molecule has 0 radical (unpaired) electrons. The Kier molecular flexibility index (Phi) is 5.15. The van der Waals surface area contributed by atoms with Gasteiger partial charge in [-0.2, -0.15) is 4.98 Å². The third kappa shape index (κ3) is 3.93. The van der Waals surface area contributed by atoms with Crippen molar-refractivity contribution >= 4 is 23.1 Å². The maximum Gasteiger partial charge on any atom is 0.227 e. The van der Waals surface area contributed by atoms with Crippen LogP contribution in [0.5, 0.6) is 0 Å². The van der Waals surface area contributed by atoms with Crippen molar-refractivity contribution in [1.82, 2.24) is 9.97 Å². The van der Waals surface area contributed by atoms with Crippen molar-refractivity contribution in [2.75, 3.05) is 41.3 Å². The van der Waals surface area contributed by atoms with Crippen LogP contribution in [0, 0.1) is 20.8 Å². The summed E-state index contributed by atoms with van der Waals surface area (Å²) in [7, 11) is 0. The molecule has 0 spiro atoms. The second-order valence-electron chi connectivity index (χ2n) is 7.43. The van der Waals surface area contributed by atoms with Gasteiger partial charge in [-0.1, -0.05) is 24.3 Å². The van der Waals surface area contributed by atoms with Crippen LogP contribution < -0.4 is 15.1 Å². The van der Waals surface area contributed by atoms with Crippen molar-refractivity contribution in [3.8, 4) is 0 Å².